The highest BCUT2D eigenvalue weighted by molar-refractivity contribution is 5.58. The normalized spacial score (nSPS) is 15.1. The van der Waals surface area contributed by atoms with Crippen molar-refractivity contribution in [2.24, 2.45) is 0 Å². The molecule has 1 aliphatic heterocycles. The fourth-order valence-corrected chi connectivity index (χ4v) is 3.26. The van der Waals surface area contributed by atoms with E-state index >= 15 is 0 Å². The first-order valence-electron chi connectivity index (χ1n) is 9.25. The molecule has 140 valence electrons. The van der Waals surface area contributed by atoms with Crippen LogP contribution in [0.15, 0.2) is 48.5 Å². The number of anilines is 1. The van der Waals surface area contributed by atoms with Gasteiger partial charge in [0.15, 0.2) is 0 Å². The van der Waals surface area contributed by atoms with Gasteiger partial charge in [-0.1, -0.05) is 12.1 Å². The summed E-state index contributed by atoms with van der Waals surface area (Å²) < 4.78 is 24.0. The molecule has 0 saturated carbocycles. The van der Waals surface area contributed by atoms with Gasteiger partial charge in [-0.25, -0.2) is 4.39 Å². The van der Waals surface area contributed by atoms with Crippen LogP contribution in [0.3, 0.4) is 0 Å². The van der Waals surface area contributed by atoms with Crippen LogP contribution in [0.2, 0.25) is 0 Å². The first kappa shape index (κ1) is 18.5. The summed E-state index contributed by atoms with van der Waals surface area (Å²) in [4.78, 5) is 4.90. The average molecular weight is 358 g/mol. The van der Waals surface area contributed by atoms with Crippen molar-refractivity contribution >= 4 is 5.69 Å². The van der Waals surface area contributed by atoms with Crippen LogP contribution in [0.5, 0.6) is 11.5 Å². The van der Waals surface area contributed by atoms with Gasteiger partial charge in [-0.05, 0) is 55.8 Å². The van der Waals surface area contributed by atoms with Crippen LogP contribution in [0, 0.1) is 5.82 Å². The van der Waals surface area contributed by atoms with Gasteiger partial charge >= 0.3 is 0 Å². The second kappa shape index (κ2) is 9.43. The topological polar surface area (TPSA) is 24.9 Å². The number of rotatable bonds is 8. The van der Waals surface area contributed by atoms with Crippen molar-refractivity contribution in [2.45, 2.75) is 12.8 Å². The third-order valence-electron chi connectivity index (χ3n) is 4.75. The highest BCUT2D eigenvalue weighted by Gasteiger charge is 2.18. The van der Waals surface area contributed by atoms with E-state index in [4.69, 9.17) is 9.47 Å². The zero-order valence-corrected chi connectivity index (χ0v) is 15.4. The van der Waals surface area contributed by atoms with E-state index in [1.165, 1.54) is 17.8 Å². The Hall–Kier alpha value is -2.27. The maximum absolute atomic E-state index is 12.8. The van der Waals surface area contributed by atoms with Crippen LogP contribution < -0.4 is 14.4 Å². The molecule has 5 heteroatoms. The van der Waals surface area contributed by atoms with E-state index in [1.807, 2.05) is 12.1 Å². The van der Waals surface area contributed by atoms with Crippen molar-refractivity contribution in [1.82, 2.24) is 4.90 Å². The molecular weight excluding hydrogens is 331 g/mol. The lowest BCUT2D eigenvalue weighted by Crippen LogP contribution is -2.46. The number of hydrogen-bond donors (Lipinski definition) is 0. The number of para-hydroxylation sites is 2. The van der Waals surface area contributed by atoms with Gasteiger partial charge in [0.25, 0.3) is 0 Å². The predicted molar refractivity (Wildman–Crippen MR) is 103 cm³/mol. The number of ether oxygens (including phenoxy) is 2. The summed E-state index contributed by atoms with van der Waals surface area (Å²) in [5.74, 6) is 1.44. The number of piperazine rings is 1. The zero-order chi connectivity index (χ0) is 18.2. The van der Waals surface area contributed by atoms with E-state index in [0.29, 0.717) is 6.61 Å². The Morgan fingerprint density at radius 1 is 0.923 bits per heavy atom. The minimum atomic E-state index is -0.232. The van der Waals surface area contributed by atoms with Gasteiger partial charge in [0, 0.05) is 26.2 Å². The van der Waals surface area contributed by atoms with Crippen LogP contribution in [-0.4, -0.2) is 51.3 Å². The summed E-state index contributed by atoms with van der Waals surface area (Å²) in [5, 5.41) is 0. The molecule has 0 amide bonds. The SMILES string of the molecule is COc1ccccc1N1CCN(CCCCOc2ccc(F)cc2)CC1. The molecule has 3 rings (SSSR count). The van der Waals surface area contributed by atoms with Gasteiger partial charge in [-0.15, -0.1) is 0 Å². The van der Waals surface area contributed by atoms with E-state index in [9.17, 15) is 4.39 Å². The highest BCUT2D eigenvalue weighted by Crippen LogP contribution is 2.28. The summed E-state index contributed by atoms with van der Waals surface area (Å²) >= 11 is 0. The minimum absolute atomic E-state index is 0.232. The molecule has 2 aromatic rings. The number of halogens is 1. The molecule has 26 heavy (non-hydrogen) atoms. The Balaban J connectivity index is 1.33. The highest BCUT2D eigenvalue weighted by atomic mass is 19.1. The van der Waals surface area contributed by atoms with Crippen molar-refractivity contribution in [2.75, 3.05) is 51.3 Å². The summed E-state index contributed by atoms with van der Waals surface area (Å²) in [6.45, 7) is 5.94. The molecule has 4 nitrogen and oxygen atoms in total. The van der Waals surface area contributed by atoms with Crippen LogP contribution in [0.4, 0.5) is 10.1 Å². The van der Waals surface area contributed by atoms with E-state index < -0.39 is 0 Å². The Labute approximate surface area is 155 Å². The molecule has 0 atom stereocenters. The van der Waals surface area contributed by atoms with Gasteiger partial charge in [0.2, 0.25) is 0 Å². The predicted octanol–water partition coefficient (Wildman–Crippen LogP) is 3.82. The maximum atomic E-state index is 12.8. The summed E-state index contributed by atoms with van der Waals surface area (Å²) in [6, 6.07) is 14.4. The maximum Gasteiger partial charge on any atom is 0.142 e. The molecule has 1 heterocycles. The van der Waals surface area contributed by atoms with Crippen LogP contribution in [0.1, 0.15) is 12.8 Å². The second-order valence-corrected chi connectivity index (χ2v) is 6.51. The summed E-state index contributed by atoms with van der Waals surface area (Å²) in [5.41, 5.74) is 1.18. The van der Waals surface area contributed by atoms with Crippen molar-refractivity contribution in [3.63, 3.8) is 0 Å². The molecule has 0 spiro atoms. The number of hydrogen-bond acceptors (Lipinski definition) is 4. The third kappa shape index (κ3) is 5.11. The fraction of sp³-hybridized carbons (Fsp3) is 0.429. The molecule has 0 unspecified atom stereocenters. The van der Waals surface area contributed by atoms with Crippen LogP contribution >= 0.6 is 0 Å². The molecule has 1 aliphatic rings. The molecule has 2 aromatic carbocycles. The van der Waals surface area contributed by atoms with Crippen molar-refractivity contribution < 1.29 is 13.9 Å². The Morgan fingerprint density at radius 2 is 1.65 bits per heavy atom. The fourth-order valence-electron chi connectivity index (χ4n) is 3.26. The Kier molecular flexibility index (Phi) is 6.72. The molecule has 0 aromatic heterocycles. The Bertz CT molecular complexity index is 670. The minimum Gasteiger partial charge on any atom is -0.495 e. The molecule has 1 saturated heterocycles. The summed E-state index contributed by atoms with van der Waals surface area (Å²) in [6.07, 6.45) is 2.11. The second-order valence-electron chi connectivity index (χ2n) is 6.51. The van der Waals surface area contributed by atoms with Crippen LogP contribution in [0.25, 0.3) is 0 Å². The standard InChI is InChI=1S/C21H27FN2O2/c1-25-21-7-3-2-6-20(21)24-15-13-23(14-16-24)12-4-5-17-26-19-10-8-18(22)9-11-19/h2-3,6-11H,4-5,12-17H2,1H3. The molecule has 0 N–H and O–H groups in total. The van der Waals surface area contributed by atoms with E-state index in [0.717, 1.165) is 57.1 Å². The molecular formula is C21H27FN2O2. The Morgan fingerprint density at radius 3 is 2.38 bits per heavy atom. The molecule has 0 aliphatic carbocycles. The van der Waals surface area contributed by atoms with Crippen LogP contribution in [-0.2, 0) is 0 Å². The lowest BCUT2D eigenvalue weighted by atomic mass is 10.2. The zero-order valence-electron chi connectivity index (χ0n) is 15.4. The van der Waals surface area contributed by atoms with Crippen molar-refractivity contribution in [1.29, 1.82) is 0 Å². The molecule has 0 radical (unpaired) electrons. The van der Waals surface area contributed by atoms with E-state index in [2.05, 4.69) is 21.9 Å². The van der Waals surface area contributed by atoms with Gasteiger partial charge in [0.05, 0.1) is 19.4 Å². The smallest absolute Gasteiger partial charge is 0.142 e. The molecule has 0 bridgehead atoms. The number of nitrogens with zero attached hydrogens (tertiary/aromatic N) is 2. The lowest BCUT2D eigenvalue weighted by Gasteiger charge is -2.36. The quantitative estimate of drug-likeness (QED) is 0.670. The largest absolute Gasteiger partial charge is 0.495 e. The summed E-state index contributed by atoms with van der Waals surface area (Å²) in [7, 11) is 1.73. The van der Waals surface area contributed by atoms with Gasteiger partial charge < -0.3 is 14.4 Å². The monoisotopic (exact) mass is 358 g/mol. The average Bonchev–Trinajstić information content (AvgIpc) is 2.69. The number of benzene rings is 2. The van der Waals surface area contributed by atoms with Crippen molar-refractivity contribution in [3.05, 3.63) is 54.3 Å². The van der Waals surface area contributed by atoms with Gasteiger partial charge in [-0.2, -0.15) is 0 Å². The van der Waals surface area contributed by atoms with Gasteiger partial charge in [-0.3, -0.25) is 4.90 Å². The number of methoxy groups -OCH3 is 1. The molecule has 1 fully saturated rings. The third-order valence-corrected chi connectivity index (χ3v) is 4.75. The first-order valence-corrected chi connectivity index (χ1v) is 9.25. The van der Waals surface area contributed by atoms with E-state index in [-0.39, 0.29) is 5.82 Å². The van der Waals surface area contributed by atoms with E-state index in [1.54, 1.807) is 19.2 Å². The number of unbranched alkanes of at least 4 members (excludes halogenated alkanes) is 1. The first-order chi connectivity index (χ1) is 12.8. The van der Waals surface area contributed by atoms with Gasteiger partial charge in [0.1, 0.15) is 17.3 Å². The van der Waals surface area contributed by atoms with Crippen molar-refractivity contribution in [3.8, 4) is 11.5 Å². The lowest BCUT2D eigenvalue weighted by molar-refractivity contribution is 0.238.